The van der Waals surface area contributed by atoms with Gasteiger partial charge in [-0.1, -0.05) is 24.8 Å². The van der Waals surface area contributed by atoms with Crippen LogP contribution in [0.3, 0.4) is 0 Å². The lowest BCUT2D eigenvalue weighted by Crippen LogP contribution is -2.19. The highest BCUT2D eigenvalue weighted by atomic mass is 19.4. The lowest BCUT2D eigenvalue weighted by Gasteiger charge is -2.12. The molecular formula is C15H13F3O2. The van der Waals surface area contributed by atoms with Gasteiger partial charge in [0.2, 0.25) is 0 Å². The zero-order chi connectivity index (χ0) is 14.8. The molecule has 106 valence electrons. The van der Waals surface area contributed by atoms with Crippen LogP contribution in [0.15, 0.2) is 41.3 Å². The number of hydrogen-bond donors (Lipinski definition) is 0. The van der Waals surface area contributed by atoms with Crippen LogP contribution < -0.4 is 4.74 Å². The number of hydrogen-bond acceptors (Lipinski definition) is 2. The highest BCUT2D eigenvalue weighted by molar-refractivity contribution is 5.66. The molecule has 2 rings (SSSR count). The molecule has 0 radical (unpaired) electrons. The largest absolute Gasteiger partial charge is 0.483 e. The van der Waals surface area contributed by atoms with Crippen molar-refractivity contribution in [2.24, 2.45) is 0 Å². The molecule has 0 saturated heterocycles. The molecule has 0 amide bonds. The predicted molar refractivity (Wildman–Crippen MR) is 70.5 cm³/mol. The molecule has 1 heterocycles. The van der Waals surface area contributed by atoms with Gasteiger partial charge >= 0.3 is 6.18 Å². The fourth-order valence-electron chi connectivity index (χ4n) is 1.73. The Balaban J connectivity index is 2.31. The molecule has 0 unspecified atom stereocenters. The number of benzene rings is 1. The predicted octanol–water partition coefficient (Wildman–Crippen LogP) is 4.84. The van der Waals surface area contributed by atoms with Crippen molar-refractivity contribution in [2.45, 2.75) is 13.1 Å². The fraction of sp³-hybridized carbons (Fsp3) is 0.200. The van der Waals surface area contributed by atoms with Crippen molar-refractivity contribution in [3.05, 3.63) is 48.2 Å². The quantitative estimate of drug-likeness (QED) is 0.800. The number of halogens is 3. The minimum Gasteiger partial charge on any atom is -0.483 e. The zero-order valence-electron chi connectivity index (χ0n) is 10.8. The van der Waals surface area contributed by atoms with E-state index in [2.05, 4.69) is 6.58 Å². The normalized spacial score (nSPS) is 11.4. The summed E-state index contributed by atoms with van der Waals surface area (Å²) >= 11 is 0. The summed E-state index contributed by atoms with van der Waals surface area (Å²) in [6, 6.07) is 8.45. The summed E-state index contributed by atoms with van der Waals surface area (Å²) in [5.41, 5.74) is 1.15. The Morgan fingerprint density at radius 3 is 2.55 bits per heavy atom. The molecule has 2 aromatic rings. The average molecular weight is 282 g/mol. The number of alkyl halides is 3. The van der Waals surface area contributed by atoms with Gasteiger partial charge in [0.25, 0.3) is 0 Å². The lowest BCUT2D eigenvalue weighted by atomic mass is 10.1. The lowest BCUT2D eigenvalue weighted by molar-refractivity contribution is -0.153. The molecule has 2 nitrogen and oxygen atoms in total. The molecule has 0 aliphatic carbocycles. The van der Waals surface area contributed by atoms with Gasteiger partial charge in [-0.25, -0.2) is 0 Å². The van der Waals surface area contributed by atoms with E-state index in [1.54, 1.807) is 31.2 Å². The van der Waals surface area contributed by atoms with Crippen LogP contribution in [0, 0.1) is 6.92 Å². The molecule has 0 N–H and O–H groups in total. The van der Waals surface area contributed by atoms with Crippen LogP contribution in [0.4, 0.5) is 13.2 Å². The first-order valence-electron chi connectivity index (χ1n) is 5.92. The highest BCUT2D eigenvalue weighted by Crippen LogP contribution is 2.30. The topological polar surface area (TPSA) is 22.4 Å². The smallest absolute Gasteiger partial charge is 0.422 e. The summed E-state index contributed by atoms with van der Waals surface area (Å²) in [4.78, 5) is 0. The van der Waals surface area contributed by atoms with E-state index < -0.39 is 12.8 Å². The zero-order valence-corrected chi connectivity index (χ0v) is 10.8. The second-order valence-corrected chi connectivity index (χ2v) is 4.27. The van der Waals surface area contributed by atoms with Crippen molar-refractivity contribution in [1.82, 2.24) is 0 Å². The van der Waals surface area contributed by atoms with E-state index in [0.717, 1.165) is 5.76 Å². The molecule has 5 heteroatoms. The minimum atomic E-state index is -4.38. The van der Waals surface area contributed by atoms with Crippen LogP contribution in [0.5, 0.6) is 5.75 Å². The molecule has 20 heavy (non-hydrogen) atoms. The van der Waals surface area contributed by atoms with Crippen LogP contribution in [0.25, 0.3) is 17.4 Å². The summed E-state index contributed by atoms with van der Waals surface area (Å²) < 4.78 is 47.0. The molecule has 0 bridgehead atoms. The fourth-order valence-corrected chi connectivity index (χ4v) is 1.73. The number of aryl methyl sites for hydroxylation is 1. The Morgan fingerprint density at radius 2 is 2.00 bits per heavy atom. The molecule has 0 aliphatic rings. The third kappa shape index (κ3) is 3.44. The van der Waals surface area contributed by atoms with E-state index in [0.29, 0.717) is 16.9 Å². The van der Waals surface area contributed by atoms with Gasteiger partial charge in [-0.05, 0) is 25.1 Å². The van der Waals surface area contributed by atoms with E-state index in [1.165, 1.54) is 12.1 Å². The maximum absolute atomic E-state index is 12.2. The molecule has 0 spiro atoms. The number of ether oxygens (including phenoxy) is 1. The third-order valence-electron chi connectivity index (χ3n) is 2.65. The Bertz CT molecular complexity index is 612. The molecule has 0 atom stereocenters. The van der Waals surface area contributed by atoms with E-state index in [9.17, 15) is 13.2 Å². The van der Waals surface area contributed by atoms with Crippen molar-refractivity contribution >= 4 is 6.08 Å². The summed E-state index contributed by atoms with van der Waals surface area (Å²) in [6.45, 7) is 4.01. The first kappa shape index (κ1) is 14.2. The van der Waals surface area contributed by atoms with Crippen LogP contribution in [0.2, 0.25) is 0 Å². The second-order valence-electron chi connectivity index (χ2n) is 4.27. The number of rotatable bonds is 4. The van der Waals surface area contributed by atoms with E-state index in [1.807, 2.05) is 0 Å². The molecule has 0 saturated carbocycles. The minimum absolute atomic E-state index is 0.129. The van der Waals surface area contributed by atoms with Crippen molar-refractivity contribution in [2.75, 3.05) is 6.61 Å². The van der Waals surface area contributed by atoms with E-state index >= 15 is 0 Å². The van der Waals surface area contributed by atoms with Crippen molar-refractivity contribution in [3.8, 4) is 17.1 Å². The molecule has 0 fully saturated rings. The van der Waals surface area contributed by atoms with Gasteiger partial charge in [0, 0.05) is 11.1 Å². The SMILES string of the molecule is C=Cc1ccc(-c2ccc(C)o2)cc1OCC(F)(F)F. The Morgan fingerprint density at radius 1 is 1.25 bits per heavy atom. The van der Waals surface area contributed by atoms with Gasteiger partial charge in [0.1, 0.15) is 17.3 Å². The van der Waals surface area contributed by atoms with Gasteiger partial charge in [-0.15, -0.1) is 0 Å². The van der Waals surface area contributed by atoms with Crippen molar-refractivity contribution in [1.29, 1.82) is 0 Å². The van der Waals surface area contributed by atoms with Gasteiger partial charge < -0.3 is 9.15 Å². The second kappa shape index (κ2) is 5.45. The van der Waals surface area contributed by atoms with Gasteiger partial charge in [0.05, 0.1) is 0 Å². The van der Waals surface area contributed by atoms with Gasteiger partial charge in [-0.3, -0.25) is 0 Å². The number of furan rings is 1. The summed E-state index contributed by atoms with van der Waals surface area (Å²) in [5.74, 6) is 1.43. The first-order chi connectivity index (χ1) is 9.39. The average Bonchev–Trinajstić information content (AvgIpc) is 2.82. The van der Waals surface area contributed by atoms with Gasteiger partial charge in [-0.2, -0.15) is 13.2 Å². The van der Waals surface area contributed by atoms with Crippen LogP contribution in [-0.4, -0.2) is 12.8 Å². The molecular weight excluding hydrogens is 269 g/mol. The third-order valence-corrected chi connectivity index (χ3v) is 2.65. The summed E-state index contributed by atoms with van der Waals surface area (Å²) in [7, 11) is 0. The standard InChI is InChI=1S/C15H13F3O2/c1-3-11-5-6-12(13-7-4-10(2)20-13)8-14(11)19-9-15(16,17)18/h3-8H,1,9H2,2H3. The summed E-state index contributed by atoms with van der Waals surface area (Å²) in [5, 5.41) is 0. The maximum atomic E-state index is 12.2. The summed E-state index contributed by atoms with van der Waals surface area (Å²) in [6.07, 6.45) is -2.93. The van der Waals surface area contributed by atoms with Crippen LogP contribution >= 0.6 is 0 Å². The Hall–Kier alpha value is -2.17. The van der Waals surface area contributed by atoms with Crippen molar-refractivity contribution < 1.29 is 22.3 Å². The van der Waals surface area contributed by atoms with E-state index in [-0.39, 0.29) is 5.75 Å². The van der Waals surface area contributed by atoms with E-state index in [4.69, 9.17) is 9.15 Å². The van der Waals surface area contributed by atoms with Crippen molar-refractivity contribution in [3.63, 3.8) is 0 Å². The Kier molecular flexibility index (Phi) is 3.88. The molecule has 0 aliphatic heterocycles. The maximum Gasteiger partial charge on any atom is 0.422 e. The molecule has 1 aromatic carbocycles. The Labute approximate surface area is 114 Å². The monoisotopic (exact) mass is 282 g/mol. The van der Waals surface area contributed by atoms with Crippen LogP contribution in [-0.2, 0) is 0 Å². The first-order valence-corrected chi connectivity index (χ1v) is 5.92. The molecule has 1 aromatic heterocycles. The highest BCUT2D eigenvalue weighted by Gasteiger charge is 2.28. The van der Waals surface area contributed by atoms with Gasteiger partial charge in [0.15, 0.2) is 6.61 Å². The van der Waals surface area contributed by atoms with Crippen LogP contribution in [0.1, 0.15) is 11.3 Å².